The Bertz CT molecular complexity index is 862. The van der Waals surface area contributed by atoms with Crippen molar-refractivity contribution in [2.45, 2.75) is 13.2 Å². The van der Waals surface area contributed by atoms with Crippen LogP contribution < -0.4 is 0 Å². The molecule has 0 saturated carbocycles. The predicted molar refractivity (Wildman–Crippen MR) is 88.0 cm³/mol. The van der Waals surface area contributed by atoms with Crippen molar-refractivity contribution in [2.75, 3.05) is 0 Å². The van der Waals surface area contributed by atoms with Crippen LogP contribution in [-0.4, -0.2) is 15.5 Å². The van der Waals surface area contributed by atoms with Gasteiger partial charge >= 0.3 is 5.97 Å². The zero-order valence-corrected chi connectivity index (χ0v) is 12.9. The number of hydrogen-bond donors (Lipinski definition) is 0. The van der Waals surface area contributed by atoms with Crippen LogP contribution in [0, 0.1) is 11.3 Å². The molecular weight excluding hydrogens is 302 g/mol. The van der Waals surface area contributed by atoms with E-state index in [-0.39, 0.29) is 6.61 Å². The van der Waals surface area contributed by atoms with Gasteiger partial charge in [0.15, 0.2) is 0 Å². The van der Waals surface area contributed by atoms with E-state index in [0.717, 1.165) is 5.56 Å². The predicted octanol–water partition coefficient (Wildman–Crippen LogP) is 3.16. The van der Waals surface area contributed by atoms with Crippen LogP contribution in [0.3, 0.4) is 0 Å². The lowest BCUT2D eigenvalue weighted by atomic mass is 10.1. The summed E-state index contributed by atoms with van der Waals surface area (Å²) in [6.07, 6.45) is 3.55. The van der Waals surface area contributed by atoms with Crippen LogP contribution >= 0.6 is 0 Å². The molecule has 0 N–H and O–H groups in total. The van der Waals surface area contributed by atoms with Gasteiger partial charge < -0.3 is 9.30 Å². The van der Waals surface area contributed by atoms with Crippen molar-refractivity contribution in [2.24, 2.45) is 0 Å². The van der Waals surface area contributed by atoms with Crippen LogP contribution in [0.15, 0.2) is 67.0 Å². The Kier molecular flexibility index (Phi) is 4.68. The molecule has 24 heavy (non-hydrogen) atoms. The van der Waals surface area contributed by atoms with E-state index in [4.69, 9.17) is 10.00 Å². The minimum absolute atomic E-state index is 0.0959. The number of nitriles is 1. The monoisotopic (exact) mass is 317 g/mol. The minimum Gasteiger partial charge on any atom is -0.454 e. The molecule has 0 unspecified atom stereocenters. The lowest BCUT2D eigenvalue weighted by Gasteiger charge is -2.09. The zero-order chi connectivity index (χ0) is 16.8. The molecule has 3 rings (SSSR count). The van der Waals surface area contributed by atoms with E-state index in [2.05, 4.69) is 4.98 Å². The molecule has 5 heteroatoms. The highest BCUT2D eigenvalue weighted by molar-refractivity contribution is 5.89. The van der Waals surface area contributed by atoms with E-state index in [1.807, 2.05) is 47.2 Å². The fourth-order valence-corrected chi connectivity index (χ4v) is 2.30. The van der Waals surface area contributed by atoms with Crippen molar-refractivity contribution in [1.82, 2.24) is 9.55 Å². The third kappa shape index (κ3) is 3.68. The molecule has 0 amide bonds. The van der Waals surface area contributed by atoms with Gasteiger partial charge in [-0.3, -0.25) is 0 Å². The first-order valence-electron chi connectivity index (χ1n) is 7.47. The molecule has 0 fully saturated rings. The minimum atomic E-state index is -0.436. The van der Waals surface area contributed by atoms with E-state index in [1.54, 1.807) is 30.5 Å². The van der Waals surface area contributed by atoms with Gasteiger partial charge in [0.1, 0.15) is 12.4 Å². The molecule has 0 aliphatic carbocycles. The summed E-state index contributed by atoms with van der Waals surface area (Å²) in [7, 11) is 0. The van der Waals surface area contributed by atoms with Crippen LogP contribution in [-0.2, 0) is 17.9 Å². The van der Waals surface area contributed by atoms with Gasteiger partial charge in [-0.2, -0.15) is 5.26 Å². The highest BCUT2D eigenvalue weighted by atomic mass is 16.5. The first-order valence-corrected chi connectivity index (χ1v) is 7.47. The molecule has 3 aromatic rings. The molecule has 0 radical (unpaired) electrons. The van der Waals surface area contributed by atoms with Crippen LogP contribution in [0.2, 0.25) is 0 Å². The van der Waals surface area contributed by atoms with Gasteiger partial charge in [-0.15, -0.1) is 0 Å². The van der Waals surface area contributed by atoms with Gasteiger partial charge in [-0.1, -0.05) is 30.3 Å². The number of esters is 1. The van der Waals surface area contributed by atoms with Crippen molar-refractivity contribution < 1.29 is 9.53 Å². The molecule has 0 atom stereocenters. The quantitative estimate of drug-likeness (QED) is 0.678. The standard InChI is InChI=1S/C19H15N3O2/c20-12-15-6-8-17(9-7-15)19(23)24-14-18-21-10-11-22(18)13-16-4-2-1-3-5-16/h1-11H,13-14H2. The number of carbonyl (C=O) groups is 1. The maximum absolute atomic E-state index is 12.1. The van der Waals surface area contributed by atoms with Gasteiger partial charge in [-0.05, 0) is 29.8 Å². The van der Waals surface area contributed by atoms with Crippen molar-refractivity contribution in [3.8, 4) is 6.07 Å². The Morgan fingerprint density at radius 3 is 2.58 bits per heavy atom. The topological polar surface area (TPSA) is 67.9 Å². The summed E-state index contributed by atoms with van der Waals surface area (Å²) in [6.45, 7) is 0.767. The molecule has 118 valence electrons. The number of ether oxygens (including phenoxy) is 1. The molecule has 0 bridgehead atoms. The summed E-state index contributed by atoms with van der Waals surface area (Å²) in [5, 5.41) is 8.77. The molecule has 1 heterocycles. The van der Waals surface area contributed by atoms with Crippen molar-refractivity contribution >= 4 is 5.97 Å². The van der Waals surface area contributed by atoms with E-state index in [0.29, 0.717) is 23.5 Å². The van der Waals surface area contributed by atoms with E-state index in [1.165, 1.54) is 0 Å². The molecule has 0 spiro atoms. The third-order valence-corrected chi connectivity index (χ3v) is 3.58. The Hall–Kier alpha value is -3.39. The number of nitrogens with zero attached hydrogens (tertiary/aromatic N) is 3. The summed E-state index contributed by atoms with van der Waals surface area (Å²) in [5.41, 5.74) is 2.07. The summed E-state index contributed by atoms with van der Waals surface area (Å²) >= 11 is 0. The normalized spacial score (nSPS) is 10.1. The van der Waals surface area contributed by atoms with Crippen molar-refractivity contribution in [3.63, 3.8) is 0 Å². The second-order valence-corrected chi connectivity index (χ2v) is 5.22. The molecule has 0 saturated heterocycles. The first kappa shape index (κ1) is 15.5. The zero-order valence-electron chi connectivity index (χ0n) is 12.9. The molecular formula is C19H15N3O2. The SMILES string of the molecule is N#Cc1ccc(C(=O)OCc2nccn2Cc2ccccc2)cc1. The summed E-state index contributed by atoms with van der Waals surface area (Å²) in [6, 6.07) is 18.4. The molecule has 1 aromatic heterocycles. The van der Waals surface area contributed by atoms with E-state index < -0.39 is 5.97 Å². The lowest BCUT2D eigenvalue weighted by molar-refractivity contribution is 0.0458. The first-order chi connectivity index (χ1) is 11.8. The third-order valence-electron chi connectivity index (χ3n) is 3.58. The maximum atomic E-state index is 12.1. The van der Waals surface area contributed by atoms with Crippen molar-refractivity contribution in [1.29, 1.82) is 5.26 Å². The fourth-order valence-electron chi connectivity index (χ4n) is 2.30. The number of carbonyl (C=O) groups excluding carboxylic acids is 1. The second kappa shape index (κ2) is 7.25. The summed E-state index contributed by atoms with van der Waals surface area (Å²) in [4.78, 5) is 16.3. The Labute approximate surface area is 139 Å². The van der Waals surface area contributed by atoms with E-state index >= 15 is 0 Å². The summed E-state index contributed by atoms with van der Waals surface area (Å²) < 4.78 is 7.26. The van der Waals surface area contributed by atoms with Crippen LogP contribution in [0.4, 0.5) is 0 Å². The van der Waals surface area contributed by atoms with E-state index in [9.17, 15) is 4.79 Å². The van der Waals surface area contributed by atoms with Gasteiger partial charge in [0.2, 0.25) is 0 Å². The molecule has 5 nitrogen and oxygen atoms in total. The van der Waals surface area contributed by atoms with Gasteiger partial charge in [0.05, 0.1) is 17.2 Å². The van der Waals surface area contributed by atoms with Crippen LogP contribution in [0.5, 0.6) is 0 Å². The highest BCUT2D eigenvalue weighted by Crippen LogP contribution is 2.09. The largest absolute Gasteiger partial charge is 0.454 e. The molecule has 0 aliphatic rings. The lowest BCUT2D eigenvalue weighted by Crippen LogP contribution is -2.10. The maximum Gasteiger partial charge on any atom is 0.338 e. The highest BCUT2D eigenvalue weighted by Gasteiger charge is 2.10. The Balaban J connectivity index is 1.63. The number of imidazole rings is 1. The average molecular weight is 317 g/mol. The fraction of sp³-hybridized carbons (Fsp3) is 0.105. The number of hydrogen-bond acceptors (Lipinski definition) is 4. The average Bonchev–Trinajstić information content (AvgIpc) is 3.07. The van der Waals surface area contributed by atoms with Gasteiger partial charge in [0.25, 0.3) is 0 Å². The molecule has 2 aromatic carbocycles. The van der Waals surface area contributed by atoms with Crippen molar-refractivity contribution in [3.05, 3.63) is 89.5 Å². The summed E-state index contributed by atoms with van der Waals surface area (Å²) in [5.74, 6) is 0.245. The number of rotatable bonds is 5. The number of aromatic nitrogens is 2. The van der Waals surface area contributed by atoms with Crippen LogP contribution in [0.25, 0.3) is 0 Å². The Morgan fingerprint density at radius 2 is 1.88 bits per heavy atom. The Morgan fingerprint density at radius 1 is 1.12 bits per heavy atom. The second-order valence-electron chi connectivity index (χ2n) is 5.22. The van der Waals surface area contributed by atoms with Crippen LogP contribution in [0.1, 0.15) is 27.3 Å². The molecule has 0 aliphatic heterocycles. The van der Waals surface area contributed by atoms with Gasteiger partial charge in [-0.25, -0.2) is 9.78 Å². The smallest absolute Gasteiger partial charge is 0.338 e. The number of benzene rings is 2. The van der Waals surface area contributed by atoms with Gasteiger partial charge in [0, 0.05) is 18.9 Å².